The quantitative estimate of drug-likeness (QED) is 0.248. The summed E-state index contributed by atoms with van der Waals surface area (Å²) in [6.45, 7) is 1.42. The monoisotopic (exact) mass is 623 g/mol. The number of sulfonamides is 1. The largest absolute Gasteiger partial charge is 0.416 e. The second-order valence-corrected chi connectivity index (χ2v) is 12.1. The van der Waals surface area contributed by atoms with Gasteiger partial charge in [-0.2, -0.15) is 13.2 Å². The molecule has 0 saturated carbocycles. The fourth-order valence-corrected chi connectivity index (χ4v) is 5.44. The lowest BCUT2D eigenvalue weighted by molar-refractivity contribution is -0.140. The Morgan fingerprint density at radius 1 is 0.952 bits per heavy atom. The highest BCUT2D eigenvalue weighted by molar-refractivity contribution is 7.92. The van der Waals surface area contributed by atoms with Crippen LogP contribution in [-0.2, 0) is 38.8 Å². The average molecular weight is 624 g/mol. The summed E-state index contributed by atoms with van der Waals surface area (Å²) >= 11 is 6.17. The molecule has 7 nitrogen and oxygen atoms in total. The van der Waals surface area contributed by atoms with Crippen molar-refractivity contribution >= 4 is 39.1 Å². The molecule has 0 aliphatic carbocycles. The van der Waals surface area contributed by atoms with Gasteiger partial charge in [-0.05, 0) is 35.7 Å². The molecule has 3 aromatic carbocycles. The zero-order chi connectivity index (χ0) is 30.9. The Hall–Kier alpha value is -3.57. The number of benzene rings is 3. The fourth-order valence-electron chi connectivity index (χ4n) is 4.32. The Bertz CT molecular complexity index is 1460. The van der Waals surface area contributed by atoms with E-state index in [0.29, 0.717) is 28.9 Å². The number of amides is 2. The predicted molar refractivity (Wildman–Crippen MR) is 157 cm³/mol. The first kappa shape index (κ1) is 32.9. The number of alkyl halides is 3. The van der Waals surface area contributed by atoms with Gasteiger partial charge in [0.25, 0.3) is 0 Å². The minimum absolute atomic E-state index is 0.0493. The normalized spacial score (nSPS) is 12.4. The zero-order valence-electron chi connectivity index (χ0n) is 23.3. The molecular weight excluding hydrogens is 591 g/mol. The molecule has 0 fully saturated rings. The van der Waals surface area contributed by atoms with Gasteiger partial charge >= 0.3 is 6.18 Å². The standard InChI is InChI=1S/C30H33ClF3N3O4S/c1-3-4-17-35-29(39)27(18-22-11-7-5-8-12-22)36(20-23-13-9-6-10-14-23)28(38)21-37(42(2,40)41)26-19-24(30(32,33)34)15-16-25(26)31/h5-16,19,27H,3-4,17-18,20-21H2,1-2H3,(H,35,39)/t27-/m1/s1. The number of nitrogens with zero attached hydrogens (tertiary/aromatic N) is 2. The summed E-state index contributed by atoms with van der Waals surface area (Å²) in [5.41, 5.74) is -0.177. The highest BCUT2D eigenvalue weighted by Gasteiger charge is 2.35. The molecule has 0 saturated heterocycles. The van der Waals surface area contributed by atoms with Gasteiger partial charge in [-0.3, -0.25) is 13.9 Å². The smallest absolute Gasteiger partial charge is 0.354 e. The summed E-state index contributed by atoms with van der Waals surface area (Å²) in [6, 6.07) is 19.1. The molecule has 0 unspecified atom stereocenters. The maximum Gasteiger partial charge on any atom is 0.416 e. The molecule has 3 aromatic rings. The first-order valence-electron chi connectivity index (χ1n) is 13.3. The van der Waals surface area contributed by atoms with Gasteiger partial charge in [-0.15, -0.1) is 0 Å². The number of anilines is 1. The van der Waals surface area contributed by atoms with Gasteiger partial charge in [0.1, 0.15) is 12.6 Å². The summed E-state index contributed by atoms with van der Waals surface area (Å²) in [6.07, 6.45) is -2.33. The van der Waals surface area contributed by atoms with Gasteiger partial charge in [-0.25, -0.2) is 8.42 Å². The topological polar surface area (TPSA) is 86.8 Å². The molecule has 42 heavy (non-hydrogen) atoms. The Kier molecular flexibility index (Phi) is 11.4. The van der Waals surface area contributed by atoms with Gasteiger partial charge in [0.05, 0.1) is 22.5 Å². The van der Waals surface area contributed by atoms with Gasteiger partial charge in [0.2, 0.25) is 21.8 Å². The van der Waals surface area contributed by atoms with E-state index in [9.17, 15) is 31.2 Å². The van der Waals surface area contributed by atoms with Crippen LogP contribution >= 0.6 is 11.6 Å². The summed E-state index contributed by atoms with van der Waals surface area (Å²) in [5, 5.41) is 2.58. The third kappa shape index (κ3) is 9.22. The van der Waals surface area contributed by atoms with Crippen molar-refractivity contribution in [3.63, 3.8) is 0 Å². The molecule has 3 rings (SSSR count). The zero-order valence-corrected chi connectivity index (χ0v) is 24.8. The SMILES string of the molecule is CCCCNC(=O)[C@@H](Cc1ccccc1)N(Cc1ccccc1)C(=O)CN(c1cc(C(F)(F)F)ccc1Cl)S(C)(=O)=O. The summed E-state index contributed by atoms with van der Waals surface area (Å²) < 4.78 is 66.7. The number of hydrogen-bond acceptors (Lipinski definition) is 4. The van der Waals surface area contributed by atoms with Gasteiger partial charge in [-0.1, -0.05) is 85.6 Å². The number of carbonyl (C=O) groups is 2. The molecule has 1 N–H and O–H groups in total. The van der Waals surface area contributed by atoms with Crippen molar-refractivity contribution in [1.29, 1.82) is 0 Å². The number of halogens is 4. The first-order chi connectivity index (χ1) is 19.8. The van der Waals surface area contributed by atoms with Gasteiger partial charge in [0, 0.05) is 19.5 Å². The molecule has 226 valence electrons. The van der Waals surface area contributed by atoms with E-state index in [1.807, 2.05) is 25.1 Å². The lowest BCUT2D eigenvalue weighted by Gasteiger charge is -2.33. The van der Waals surface area contributed by atoms with E-state index in [4.69, 9.17) is 11.6 Å². The molecule has 0 bridgehead atoms. The second kappa shape index (κ2) is 14.6. The maximum absolute atomic E-state index is 14.0. The number of carbonyl (C=O) groups excluding carboxylic acids is 2. The molecule has 12 heteroatoms. The molecule has 0 aliphatic rings. The van der Waals surface area contributed by atoms with Crippen LogP contribution in [0.3, 0.4) is 0 Å². The van der Waals surface area contributed by atoms with Crippen molar-refractivity contribution in [2.75, 3.05) is 23.7 Å². The molecule has 2 amide bonds. The molecule has 0 aromatic heterocycles. The van der Waals surface area contributed by atoms with Crippen molar-refractivity contribution in [2.45, 2.75) is 44.9 Å². The van der Waals surface area contributed by atoms with Crippen LogP contribution in [0.2, 0.25) is 5.02 Å². The fraction of sp³-hybridized carbons (Fsp3) is 0.333. The molecule has 0 heterocycles. The lowest BCUT2D eigenvalue weighted by Crippen LogP contribution is -2.53. The van der Waals surface area contributed by atoms with E-state index in [1.54, 1.807) is 42.5 Å². The number of unbranched alkanes of at least 4 members (excludes halogenated alkanes) is 1. The van der Waals surface area contributed by atoms with Gasteiger partial charge < -0.3 is 10.2 Å². The van der Waals surface area contributed by atoms with Crippen LogP contribution in [0.15, 0.2) is 78.9 Å². The lowest BCUT2D eigenvalue weighted by atomic mass is 10.0. The van der Waals surface area contributed by atoms with Crippen molar-refractivity contribution < 1.29 is 31.2 Å². The summed E-state index contributed by atoms with van der Waals surface area (Å²) in [7, 11) is -4.29. The Labute approximate surface area is 249 Å². The van der Waals surface area contributed by atoms with Crippen LogP contribution in [0.4, 0.5) is 18.9 Å². The van der Waals surface area contributed by atoms with E-state index >= 15 is 0 Å². The van der Waals surface area contributed by atoms with Crippen molar-refractivity contribution in [2.24, 2.45) is 0 Å². The van der Waals surface area contributed by atoms with E-state index in [-0.39, 0.29) is 18.0 Å². The van der Waals surface area contributed by atoms with Crippen LogP contribution in [0, 0.1) is 0 Å². The first-order valence-corrected chi connectivity index (χ1v) is 15.5. The molecule has 0 radical (unpaired) electrons. The number of hydrogen-bond donors (Lipinski definition) is 1. The van der Waals surface area contributed by atoms with Crippen molar-refractivity contribution in [3.8, 4) is 0 Å². The van der Waals surface area contributed by atoms with E-state index in [1.165, 1.54) is 4.90 Å². The summed E-state index contributed by atoms with van der Waals surface area (Å²) in [5.74, 6) is -1.22. The van der Waals surface area contributed by atoms with Crippen LogP contribution in [0.1, 0.15) is 36.5 Å². The molecular formula is C30H33ClF3N3O4S. The van der Waals surface area contributed by atoms with E-state index < -0.39 is 51.9 Å². The predicted octanol–water partition coefficient (Wildman–Crippen LogP) is 5.68. The highest BCUT2D eigenvalue weighted by atomic mass is 35.5. The number of rotatable bonds is 13. The minimum Gasteiger partial charge on any atom is -0.354 e. The van der Waals surface area contributed by atoms with Crippen molar-refractivity contribution in [3.05, 3.63) is 101 Å². The minimum atomic E-state index is -4.77. The maximum atomic E-state index is 14.0. The third-order valence-electron chi connectivity index (χ3n) is 6.52. The molecule has 1 atom stereocenters. The Balaban J connectivity index is 2.07. The average Bonchev–Trinajstić information content (AvgIpc) is 2.94. The van der Waals surface area contributed by atoms with E-state index in [0.717, 1.165) is 30.4 Å². The van der Waals surface area contributed by atoms with Crippen LogP contribution in [-0.4, -0.2) is 50.5 Å². The van der Waals surface area contributed by atoms with Crippen LogP contribution in [0.5, 0.6) is 0 Å². The van der Waals surface area contributed by atoms with Crippen LogP contribution < -0.4 is 9.62 Å². The highest BCUT2D eigenvalue weighted by Crippen LogP contribution is 2.36. The van der Waals surface area contributed by atoms with Crippen molar-refractivity contribution in [1.82, 2.24) is 10.2 Å². The molecule has 0 aliphatic heterocycles. The van der Waals surface area contributed by atoms with Crippen LogP contribution in [0.25, 0.3) is 0 Å². The third-order valence-corrected chi connectivity index (χ3v) is 7.96. The Morgan fingerprint density at radius 2 is 1.55 bits per heavy atom. The number of nitrogens with one attached hydrogen (secondary N) is 1. The second-order valence-electron chi connectivity index (χ2n) is 9.79. The molecule has 0 spiro atoms. The van der Waals surface area contributed by atoms with Gasteiger partial charge in [0.15, 0.2) is 0 Å². The summed E-state index contributed by atoms with van der Waals surface area (Å²) in [4.78, 5) is 28.8. The Morgan fingerprint density at radius 3 is 2.10 bits per heavy atom. The van der Waals surface area contributed by atoms with E-state index in [2.05, 4.69) is 5.32 Å².